The van der Waals surface area contributed by atoms with E-state index in [2.05, 4.69) is 34.9 Å². The Balaban J connectivity index is 1.61. The van der Waals surface area contributed by atoms with Gasteiger partial charge in [0.05, 0.1) is 19.4 Å². The fraction of sp³-hybridized carbons (Fsp3) is 0.647. The van der Waals surface area contributed by atoms with E-state index in [1.165, 1.54) is 5.56 Å². The van der Waals surface area contributed by atoms with Crippen LogP contribution in [0.2, 0.25) is 0 Å². The van der Waals surface area contributed by atoms with Gasteiger partial charge in [0.1, 0.15) is 0 Å². The minimum atomic E-state index is 0.487. The molecule has 0 spiro atoms. The number of hydrogen-bond acceptors (Lipinski definition) is 5. The lowest BCUT2D eigenvalue weighted by Gasteiger charge is -2.29. The van der Waals surface area contributed by atoms with E-state index in [0.29, 0.717) is 12.0 Å². The van der Waals surface area contributed by atoms with Crippen LogP contribution in [0, 0.1) is 19.8 Å². The molecule has 2 aliphatic heterocycles. The lowest BCUT2D eigenvalue weighted by Crippen LogP contribution is -2.41. The average molecular weight is 315 g/mol. The van der Waals surface area contributed by atoms with Gasteiger partial charge in [-0.25, -0.2) is 9.50 Å². The first-order chi connectivity index (χ1) is 11.1. The summed E-state index contributed by atoms with van der Waals surface area (Å²) in [6, 6.07) is 2.56. The second-order valence-corrected chi connectivity index (χ2v) is 7.14. The molecular weight excluding hydrogens is 290 g/mol. The van der Waals surface area contributed by atoms with Gasteiger partial charge < -0.3 is 4.74 Å². The average Bonchev–Trinajstić information content (AvgIpc) is 2.69. The summed E-state index contributed by atoms with van der Waals surface area (Å²) in [7, 11) is 2.22. The van der Waals surface area contributed by atoms with Crippen molar-refractivity contribution in [1.82, 2.24) is 24.4 Å². The summed E-state index contributed by atoms with van der Waals surface area (Å²) in [6.45, 7) is 10.0. The molecule has 124 valence electrons. The molecule has 4 rings (SSSR count). The molecule has 0 amide bonds. The van der Waals surface area contributed by atoms with Crippen LogP contribution in [-0.4, -0.2) is 70.3 Å². The van der Waals surface area contributed by atoms with Gasteiger partial charge in [-0.2, -0.15) is 5.10 Å². The third-order valence-corrected chi connectivity index (χ3v) is 5.06. The zero-order valence-electron chi connectivity index (χ0n) is 14.2. The molecule has 0 N–H and O–H groups in total. The number of nitrogens with zero attached hydrogens (tertiary/aromatic N) is 5. The van der Waals surface area contributed by atoms with Crippen LogP contribution in [0.5, 0.6) is 0 Å². The van der Waals surface area contributed by atoms with Crippen LogP contribution < -0.4 is 0 Å². The Morgan fingerprint density at radius 1 is 1.22 bits per heavy atom. The normalized spacial score (nSPS) is 26.6. The highest BCUT2D eigenvalue weighted by molar-refractivity contribution is 5.47. The zero-order chi connectivity index (χ0) is 16.0. The first-order valence-electron chi connectivity index (χ1n) is 8.41. The van der Waals surface area contributed by atoms with E-state index in [1.54, 1.807) is 0 Å². The number of ether oxygens (including phenoxy) is 1. The lowest BCUT2D eigenvalue weighted by atomic mass is 10.1. The molecule has 0 aromatic carbocycles. The minimum absolute atomic E-state index is 0.487. The number of hydrogen-bond donors (Lipinski definition) is 0. The van der Waals surface area contributed by atoms with Gasteiger partial charge in [0.15, 0.2) is 5.65 Å². The van der Waals surface area contributed by atoms with Gasteiger partial charge in [0.2, 0.25) is 0 Å². The molecular formula is C17H25N5O. The fourth-order valence-electron chi connectivity index (χ4n) is 3.94. The van der Waals surface area contributed by atoms with Crippen molar-refractivity contribution >= 4 is 5.65 Å². The van der Waals surface area contributed by atoms with Crippen molar-refractivity contribution in [1.29, 1.82) is 0 Å². The van der Waals surface area contributed by atoms with Gasteiger partial charge in [-0.05, 0) is 27.0 Å². The van der Waals surface area contributed by atoms with Crippen molar-refractivity contribution in [2.45, 2.75) is 26.4 Å². The van der Waals surface area contributed by atoms with E-state index in [-0.39, 0.29) is 0 Å². The Morgan fingerprint density at radius 2 is 2.09 bits per heavy atom. The van der Waals surface area contributed by atoms with Crippen LogP contribution in [-0.2, 0) is 11.3 Å². The van der Waals surface area contributed by atoms with Crippen molar-refractivity contribution in [2.75, 3.05) is 39.9 Å². The van der Waals surface area contributed by atoms with Crippen LogP contribution in [0.3, 0.4) is 0 Å². The molecule has 4 heterocycles. The highest BCUT2D eigenvalue weighted by Gasteiger charge is 2.31. The van der Waals surface area contributed by atoms with Crippen molar-refractivity contribution < 1.29 is 4.74 Å². The van der Waals surface area contributed by atoms with Gasteiger partial charge >= 0.3 is 0 Å². The molecule has 6 nitrogen and oxygen atoms in total. The van der Waals surface area contributed by atoms with Gasteiger partial charge in [-0.15, -0.1) is 0 Å². The maximum absolute atomic E-state index is 5.82. The van der Waals surface area contributed by atoms with Gasteiger partial charge in [0.25, 0.3) is 0 Å². The van der Waals surface area contributed by atoms with Gasteiger partial charge in [0, 0.05) is 55.1 Å². The molecule has 2 saturated heterocycles. The lowest BCUT2D eigenvalue weighted by molar-refractivity contribution is 0.0517. The molecule has 23 heavy (non-hydrogen) atoms. The van der Waals surface area contributed by atoms with Crippen LogP contribution in [0.25, 0.3) is 5.65 Å². The van der Waals surface area contributed by atoms with Crippen LogP contribution in [0.1, 0.15) is 17.0 Å². The van der Waals surface area contributed by atoms with Crippen molar-refractivity contribution in [3.8, 4) is 0 Å². The molecule has 2 atom stereocenters. The standard InChI is InChI=1S/C17H25N5O/c1-12-4-13(2)22-17(19-12)15(5-18-22)8-21-7-14-6-20(3)16(9-21)11-23-10-14/h4-5,14,16H,6-11H2,1-3H3/t14-,16+/m1/s1. The molecule has 0 saturated carbocycles. The van der Waals surface area contributed by atoms with E-state index in [1.807, 2.05) is 17.6 Å². The number of rotatable bonds is 2. The van der Waals surface area contributed by atoms with Crippen molar-refractivity contribution in [3.05, 3.63) is 29.2 Å². The van der Waals surface area contributed by atoms with Gasteiger partial charge in [-0.1, -0.05) is 0 Å². The Labute approximate surface area is 137 Å². The minimum Gasteiger partial charge on any atom is -0.379 e. The molecule has 2 aromatic heterocycles. The van der Waals surface area contributed by atoms with Crippen LogP contribution >= 0.6 is 0 Å². The summed E-state index contributed by atoms with van der Waals surface area (Å²) in [5.74, 6) is 0.589. The highest BCUT2D eigenvalue weighted by Crippen LogP contribution is 2.21. The van der Waals surface area contributed by atoms with Gasteiger partial charge in [-0.3, -0.25) is 9.80 Å². The molecule has 6 heteroatoms. The topological polar surface area (TPSA) is 45.9 Å². The molecule has 2 aliphatic rings. The summed E-state index contributed by atoms with van der Waals surface area (Å²) in [5.41, 5.74) is 4.42. The quantitative estimate of drug-likeness (QED) is 0.831. The smallest absolute Gasteiger partial charge is 0.159 e. The summed E-state index contributed by atoms with van der Waals surface area (Å²) >= 11 is 0. The largest absolute Gasteiger partial charge is 0.379 e. The van der Waals surface area contributed by atoms with E-state index in [9.17, 15) is 0 Å². The number of aryl methyl sites for hydroxylation is 2. The Hall–Kier alpha value is -1.50. The Morgan fingerprint density at radius 3 is 2.96 bits per heavy atom. The Kier molecular flexibility index (Phi) is 3.83. The number of fused-ring (bicyclic) bond motifs is 4. The Bertz CT molecular complexity index is 712. The van der Waals surface area contributed by atoms with Crippen LogP contribution in [0.4, 0.5) is 0 Å². The molecule has 2 bridgehead atoms. The SMILES string of the molecule is Cc1cc(C)n2ncc(CN3C[C@@H]4COC[C@H](C3)N(C)C4)c2n1. The maximum atomic E-state index is 5.82. The first kappa shape index (κ1) is 15.1. The van der Waals surface area contributed by atoms with E-state index >= 15 is 0 Å². The van der Waals surface area contributed by atoms with E-state index in [0.717, 1.165) is 56.4 Å². The van der Waals surface area contributed by atoms with Crippen LogP contribution in [0.15, 0.2) is 12.3 Å². The predicted molar refractivity (Wildman–Crippen MR) is 88.5 cm³/mol. The maximum Gasteiger partial charge on any atom is 0.159 e. The molecule has 0 aliphatic carbocycles. The summed E-state index contributed by atoms with van der Waals surface area (Å²) in [6.07, 6.45) is 1.98. The summed E-state index contributed by atoms with van der Waals surface area (Å²) < 4.78 is 7.77. The monoisotopic (exact) mass is 315 g/mol. The first-order valence-corrected chi connectivity index (χ1v) is 8.41. The second-order valence-electron chi connectivity index (χ2n) is 7.14. The molecule has 2 fully saturated rings. The fourth-order valence-corrected chi connectivity index (χ4v) is 3.94. The summed E-state index contributed by atoms with van der Waals surface area (Å²) in [5, 5.41) is 4.53. The predicted octanol–water partition coefficient (Wildman–Crippen LogP) is 1.11. The second kappa shape index (κ2) is 5.85. The number of aromatic nitrogens is 3. The van der Waals surface area contributed by atoms with E-state index in [4.69, 9.17) is 9.72 Å². The number of likely N-dealkylation sites (N-methyl/N-ethyl adjacent to an activating group) is 1. The molecule has 2 aromatic rings. The zero-order valence-corrected chi connectivity index (χ0v) is 14.2. The van der Waals surface area contributed by atoms with E-state index < -0.39 is 0 Å². The highest BCUT2D eigenvalue weighted by atomic mass is 16.5. The third-order valence-electron chi connectivity index (χ3n) is 5.06. The molecule has 0 unspecified atom stereocenters. The third kappa shape index (κ3) is 2.86. The van der Waals surface area contributed by atoms with Crippen molar-refractivity contribution in [2.24, 2.45) is 5.92 Å². The van der Waals surface area contributed by atoms with Crippen molar-refractivity contribution in [3.63, 3.8) is 0 Å². The summed E-state index contributed by atoms with van der Waals surface area (Å²) in [4.78, 5) is 9.72. The molecule has 0 radical (unpaired) electrons.